The number of rotatable bonds is 4. The maximum absolute atomic E-state index is 14.5. The predicted molar refractivity (Wildman–Crippen MR) is 92.0 cm³/mol. The zero-order valence-electron chi connectivity index (χ0n) is 13.8. The van der Waals surface area contributed by atoms with Crippen LogP contribution in [0.25, 0.3) is 0 Å². The van der Waals surface area contributed by atoms with Crippen molar-refractivity contribution in [3.8, 4) is 0 Å². The van der Waals surface area contributed by atoms with Crippen LogP contribution in [0.4, 0.5) is 25.8 Å². The third-order valence-electron chi connectivity index (χ3n) is 3.72. The Kier molecular flexibility index (Phi) is 5.32. The van der Waals surface area contributed by atoms with Gasteiger partial charge in [-0.25, -0.2) is 13.8 Å². The number of aryl methyl sites for hydroxylation is 1. The summed E-state index contributed by atoms with van der Waals surface area (Å²) in [4.78, 5) is 6.13. The molecule has 0 aliphatic carbocycles. The average molecular weight is 317 g/mol. The highest BCUT2D eigenvalue weighted by Crippen LogP contribution is 2.32. The molecule has 0 atom stereocenters. The Morgan fingerprint density at radius 1 is 1.17 bits per heavy atom. The van der Waals surface area contributed by atoms with Gasteiger partial charge in [0.1, 0.15) is 17.5 Å². The molecule has 2 aromatic carbocycles. The van der Waals surface area contributed by atoms with E-state index in [9.17, 15) is 8.78 Å². The number of amidine groups is 1. The van der Waals surface area contributed by atoms with Crippen molar-refractivity contribution in [2.45, 2.75) is 20.3 Å². The molecule has 0 aliphatic rings. The fraction of sp³-hybridized carbons (Fsp3) is 0.278. The van der Waals surface area contributed by atoms with Crippen molar-refractivity contribution in [2.75, 3.05) is 19.0 Å². The number of aliphatic imine (C=N–C) groups is 1. The number of anilines is 2. The van der Waals surface area contributed by atoms with Crippen LogP contribution in [0.2, 0.25) is 0 Å². The summed E-state index contributed by atoms with van der Waals surface area (Å²) in [6.45, 7) is 3.88. The molecular weight excluding hydrogens is 296 g/mol. The molecule has 5 heteroatoms. The standard InChI is InChI=1S/C18H21F2N3/c1-5-18(21-3)22-16-11-15(20)17(10-12(16)2)23(4)14-8-6-13(19)7-9-14/h6-11H,5H2,1-4H3,(H,21,22). The molecule has 0 aromatic heterocycles. The molecule has 0 radical (unpaired) electrons. The predicted octanol–water partition coefficient (Wildman–Crippen LogP) is 4.70. The van der Waals surface area contributed by atoms with Crippen molar-refractivity contribution in [3.63, 3.8) is 0 Å². The fourth-order valence-corrected chi connectivity index (χ4v) is 2.29. The van der Waals surface area contributed by atoms with E-state index in [1.807, 2.05) is 13.8 Å². The van der Waals surface area contributed by atoms with E-state index < -0.39 is 0 Å². The first-order chi connectivity index (χ1) is 11.0. The van der Waals surface area contributed by atoms with E-state index in [2.05, 4.69) is 10.3 Å². The van der Waals surface area contributed by atoms with Crippen LogP contribution >= 0.6 is 0 Å². The Morgan fingerprint density at radius 2 is 1.83 bits per heavy atom. The summed E-state index contributed by atoms with van der Waals surface area (Å²) in [7, 11) is 3.55. The summed E-state index contributed by atoms with van der Waals surface area (Å²) in [5.41, 5.74) is 2.61. The van der Waals surface area contributed by atoms with Gasteiger partial charge in [-0.1, -0.05) is 6.92 Å². The van der Waals surface area contributed by atoms with Crippen molar-refractivity contribution < 1.29 is 8.78 Å². The second-order valence-electron chi connectivity index (χ2n) is 5.29. The molecule has 0 saturated carbocycles. The third kappa shape index (κ3) is 3.86. The minimum Gasteiger partial charge on any atom is -0.377 e. The van der Waals surface area contributed by atoms with Gasteiger partial charge in [0.15, 0.2) is 0 Å². The zero-order chi connectivity index (χ0) is 17.0. The Labute approximate surface area is 135 Å². The van der Waals surface area contributed by atoms with E-state index in [1.165, 1.54) is 18.2 Å². The quantitative estimate of drug-likeness (QED) is 0.654. The lowest BCUT2D eigenvalue weighted by Gasteiger charge is -2.21. The van der Waals surface area contributed by atoms with Crippen LogP contribution in [0, 0.1) is 18.6 Å². The van der Waals surface area contributed by atoms with Gasteiger partial charge in [0, 0.05) is 32.3 Å². The number of nitrogens with zero attached hydrogens (tertiary/aromatic N) is 2. The summed E-state index contributed by atoms with van der Waals surface area (Å²) in [6, 6.07) is 9.13. The molecule has 0 saturated heterocycles. The van der Waals surface area contributed by atoms with E-state index in [0.29, 0.717) is 17.1 Å². The lowest BCUT2D eigenvalue weighted by Crippen LogP contribution is -2.16. The van der Waals surface area contributed by atoms with Crippen LogP contribution in [0.15, 0.2) is 41.4 Å². The number of halogens is 2. The SMILES string of the molecule is CCC(=Nc1cc(F)c(N(C)c2ccc(F)cc2)cc1C)NC. The Balaban J connectivity index is 2.39. The topological polar surface area (TPSA) is 27.6 Å². The summed E-state index contributed by atoms with van der Waals surface area (Å²) >= 11 is 0. The van der Waals surface area contributed by atoms with Crippen LogP contribution in [0.5, 0.6) is 0 Å². The maximum atomic E-state index is 14.5. The maximum Gasteiger partial charge on any atom is 0.148 e. The van der Waals surface area contributed by atoms with E-state index >= 15 is 0 Å². The van der Waals surface area contributed by atoms with E-state index in [4.69, 9.17) is 0 Å². The number of nitrogens with one attached hydrogen (secondary N) is 1. The summed E-state index contributed by atoms with van der Waals surface area (Å²) in [5, 5.41) is 3.00. The first-order valence-electron chi connectivity index (χ1n) is 7.51. The van der Waals surface area contributed by atoms with Crippen molar-refractivity contribution in [1.29, 1.82) is 0 Å². The van der Waals surface area contributed by atoms with E-state index in [1.54, 1.807) is 37.2 Å². The van der Waals surface area contributed by atoms with Gasteiger partial charge >= 0.3 is 0 Å². The van der Waals surface area contributed by atoms with Crippen molar-refractivity contribution in [1.82, 2.24) is 5.32 Å². The van der Waals surface area contributed by atoms with Gasteiger partial charge in [0.2, 0.25) is 0 Å². The number of hydrogen-bond acceptors (Lipinski definition) is 2. The molecule has 3 nitrogen and oxygen atoms in total. The summed E-state index contributed by atoms with van der Waals surface area (Å²) in [6.07, 6.45) is 0.745. The molecule has 0 spiro atoms. The normalized spacial score (nSPS) is 11.5. The third-order valence-corrected chi connectivity index (χ3v) is 3.72. The van der Waals surface area contributed by atoms with Gasteiger partial charge in [0.25, 0.3) is 0 Å². The fourth-order valence-electron chi connectivity index (χ4n) is 2.29. The van der Waals surface area contributed by atoms with Gasteiger partial charge < -0.3 is 10.2 Å². The van der Waals surface area contributed by atoms with Crippen molar-refractivity contribution in [2.24, 2.45) is 4.99 Å². The van der Waals surface area contributed by atoms with Crippen LogP contribution in [-0.2, 0) is 0 Å². The highest BCUT2D eigenvalue weighted by molar-refractivity contribution is 5.85. The van der Waals surface area contributed by atoms with Crippen LogP contribution < -0.4 is 10.2 Å². The van der Waals surface area contributed by atoms with Crippen LogP contribution in [-0.4, -0.2) is 19.9 Å². The summed E-state index contributed by atoms with van der Waals surface area (Å²) in [5.74, 6) is 0.113. The summed E-state index contributed by atoms with van der Waals surface area (Å²) < 4.78 is 27.5. The molecule has 23 heavy (non-hydrogen) atoms. The van der Waals surface area contributed by atoms with Gasteiger partial charge in [-0.3, -0.25) is 0 Å². The molecule has 0 aliphatic heterocycles. The minimum atomic E-state index is -0.368. The van der Waals surface area contributed by atoms with E-state index in [-0.39, 0.29) is 11.6 Å². The van der Waals surface area contributed by atoms with Crippen molar-refractivity contribution in [3.05, 3.63) is 53.6 Å². The van der Waals surface area contributed by atoms with Gasteiger partial charge in [-0.05, 0) is 42.8 Å². The lowest BCUT2D eigenvalue weighted by molar-refractivity contribution is 0.625. The van der Waals surface area contributed by atoms with Gasteiger partial charge in [0.05, 0.1) is 11.4 Å². The molecule has 0 bridgehead atoms. The molecule has 2 aromatic rings. The highest BCUT2D eigenvalue weighted by atomic mass is 19.1. The molecule has 0 amide bonds. The number of benzene rings is 2. The van der Waals surface area contributed by atoms with E-state index in [0.717, 1.165) is 17.8 Å². The first kappa shape index (κ1) is 16.9. The second-order valence-corrected chi connectivity index (χ2v) is 5.29. The Morgan fingerprint density at radius 3 is 2.39 bits per heavy atom. The molecule has 122 valence electrons. The Bertz CT molecular complexity index is 703. The number of hydrogen-bond donors (Lipinski definition) is 1. The zero-order valence-corrected chi connectivity index (χ0v) is 13.8. The monoisotopic (exact) mass is 317 g/mol. The molecular formula is C18H21F2N3. The van der Waals surface area contributed by atoms with Crippen LogP contribution in [0.1, 0.15) is 18.9 Å². The lowest BCUT2D eigenvalue weighted by atomic mass is 10.1. The first-order valence-corrected chi connectivity index (χ1v) is 7.51. The van der Waals surface area contributed by atoms with Gasteiger partial charge in [-0.15, -0.1) is 0 Å². The molecule has 2 rings (SSSR count). The Hall–Kier alpha value is -2.43. The molecule has 0 heterocycles. The average Bonchev–Trinajstić information content (AvgIpc) is 2.55. The largest absolute Gasteiger partial charge is 0.377 e. The van der Waals surface area contributed by atoms with Crippen molar-refractivity contribution >= 4 is 22.9 Å². The molecule has 0 unspecified atom stereocenters. The molecule has 1 N–H and O–H groups in total. The minimum absolute atomic E-state index is 0.317. The highest BCUT2D eigenvalue weighted by Gasteiger charge is 2.13. The van der Waals surface area contributed by atoms with Crippen LogP contribution in [0.3, 0.4) is 0 Å². The second kappa shape index (κ2) is 7.22. The smallest absolute Gasteiger partial charge is 0.148 e. The van der Waals surface area contributed by atoms with Gasteiger partial charge in [-0.2, -0.15) is 0 Å². The molecule has 0 fully saturated rings.